The van der Waals surface area contributed by atoms with Crippen molar-refractivity contribution in [3.63, 3.8) is 0 Å². The lowest BCUT2D eigenvalue weighted by molar-refractivity contribution is -0.153. The van der Waals surface area contributed by atoms with Gasteiger partial charge >= 0.3 is 12.1 Å². The summed E-state index contributed by atoms with van der Waals surface area (Å²) in [6.45, 7) is 4.91. The predicted molar refractivity (Wildman–Crippen MR) is 107 cm³/mol. The van der Waals surface area contributed by atoms with E-state index in [0.29, 0.717) is 0 Å². The normalized spacial score (nSPS) is 13.6. The molecule has 1 N–H and O–H groups in total. The Labute approximate surface area is 165 Å². The third-order valence-electron chi connectivity index (χ3n) is 4.73. The van der Waals surface area contributed by atoms with Gasteiger partial charge < -0.3 is 14.8 Å². The van der Waals surface area contributed by atoms with E-state index in [0.717, 1.165) is 22.3 Å². The van der Waals surface area contributed by atoms with E-state index in [-0.39, 0.29) is 12.5 Å². The Kier molecular flexibility index (Phi) is 5.41. The van der Waals surface area contributed by atoms with Gasteiger partial charge in [-0.2, -0.15) is 0 Å². The van der Waals surface area contributed by atoms with Crippen LogP contribution in [-0.2, 0) is 14.3 Å². The van der Waals surface area contributed by atoms with E-state index >= 15 is 0 Å². The summed E-state index contributed by atoms with van der Waals surface area (Å²) < 4.78 is 10.6. The highest BCUT2D eigenvalue weighted by Gasteiger charge is 2.30. The number of alkyl carbamates (subject to hydrolysis) is 1. The van der Waals surface area contributed by atoms with Crippen LogP contribution in [0.25, 0.3) is 11.1 Å². The Bertz CT molecular complexity index is 896. The first-order valence-electron chi connectivity index (χ1n) is 9.14. The largest absolute Gasteiger partial charge is 0.449 e. The summed E-state index contributed by atoms with van der Waals surface area (Å²) in [5.41, 5.74) is 3.52. The number of hydrogen-bond acceptors (Lipinski definition) is 4. The molecule has 1 atom stereocenters. The molecule has 2 aromatic rings. The average molecular weight is 377 g/mol. The van der Waals surface area contributed by atoms with Gasteiger partial charge in [0, 0.05) is 5.92 Å². The number of carbonyl (C=O) groups is 2. The zero-order valence-electron chi connectivity index (χ0n) is 16.2. The number of hydrogen-bond donors (Lipinski definition) is 1. The summed E-state index contributed by atoms with van der Waals surface area (Å²) in [7, 11) is 0. The van der Waals surface area contributed by atoms with E-state index in [9.17, 15) is 9.59 Å². The zero-order chi connectivity index (χ0) is 20.3. The number of carbonyl (C=O) groups excluding carboxylic acids is 2. The molecular formula is C23H23NO4. The second-order valence-corrected chi connectivity index (χ2v) is 7.27. The maximum absolute atomic E-state index is 12.2. The Morgan fingerprint density at radius 1 is 1.11 bits per heavy atom. The van der Waals surface area contributed by atoms with Crippen molar-refractivity contribution in [1.29, 1.82) is 0 Å². The molecule has 0 spiro atoms. The van der Waals surface area contributed by atoms with Gasteiger partial charge in [-0.1, -0.05) is 54.5 Å². The van der Waals surface area contributed by atoms with Crippen LogP contribution in [0.15, 0.2) is 48.5 Å². The second kappa shape index (κ2) is 7.77. The molecule has 0 heterocycles. The highest BCUT2D eigenvalue weighted by molar-refractivity contribution is 5.82. The summed E-state index contributed by atoms with van der Waals surface area (Å²) in [6, 6.07) is 15.3. The molecule has 1 aliphatic carbocycles. The molecule has 2 aromatic carbocycles. The fourth-order valence-corrected chi connectivity index (χ4v) is 3.25. The Morgan fingerprint density at radius 3 is 2.18 bits per heavy atom. The smallest absolute Gasteiger partial charge is 0.407 e. The van der Waals surface area contributed by atoms with Gasteiger partial charge in [-0.3, -0.25) is 0 Å². The van der Waals surface area contributed by atoms with Gasteiger partial charge in [0.1, 0.15) is 12.6 Å². The van der Waals surface area contributed by atoms with Crippen molar-refractivity contribution in [2.45, 2.75) is 38.3 Å². The minimum absolute atomic E-state index is 0.0409. The molecule has 0 bridgehead atoms. The van der Waals surface area contributed by atoms with Crippen LogP contribution in [0.2, 0.25) is 0 Å². The molecule has 5 heteroatoms. The number of ether oxygens (including phenoxy) is 2. The van der Waals surface area contributed by atoms with Gasteiger partial charge in [-0.15, -0.1) is 6.42 Å². The van der Waals surface area contributed by atoms with Crippen molar-refractivity contribution in [2.75, 3.05) is 6.61 Å². The van der Waals surface area contributed by atoms with E-state index in [1.54, 1.807) is 13.8 Å². The maximum Gasteiger partial charge on any atom is 0.407 e. The van der Waals surface area contributed by atoms with Crippen LogP contribution < -0.4 is 5.32 Å². The lowest BCUT2D eigenvalue weighted by atomic mass is 9.98. The second-order valence-electron chi connectivity index (χ2n) is 7.27. The van der Waals surface area contributed by atoms with Crippen LogP contribution in [-0.4, -0.2) is 30.3 Å². The molecule has 5 nitrogen and oxygen atoms in total. The van der Waals surface area contributed by atoms with Crippen LogP contribution in [0.5, 0.6) is 0 Å². The lowest BCUT2D eigenvalue weighted by Gasteiger charge is -2.22. The van der Waals surface area contributed by atoms with Gasteiger partial charge in [0.2, 0.25) is 0 Å². The molecule has 0 saturated carbocycles. The van der Waals surface area contributed by atoms with Crippen LogP contribution in [0.1, 0.15) is 37.8 Å². The Morgan fingerprint density at radius 2 is 1.64 bits per heavy atom. The van der Waals surface area contributed by atoms with Crippen molar-refractivity contribution in [3.05, 3.63) is 59.7 Å². The molecular weight excluding hydrogens is 354 g/mol. The van der Waals surface area contributed by atoms with Crippen molar-refractivity contribution >= 4 is 12.1 Å². The Hall–Kier alpha value is -3.26. The van der Waals surface area contributed by atoms with E-state index < -0.39 is 23.7 Å². The molecule has 28 heavy (non-hydrogen) atoms. The SMILES string of the molecule is C#CC(C)(C)OC(=O)[C@H](C)NC(=O)OCC1c2ccccc2-c2ccccc21. The number of terminal acetylenes is 1. The molecule has 144 valence electrons. The summed E-state index contributed by atoms with van der Waals surface area (Å²) in [4.78, 5) is 24.2. The van der Waals surface area contributed by atoms with Crippen LogP contribution in [0.4, 0.5) is 4.79 Å². The fourth-order valence-electron chi connectivity index (χ4n) is 3.25. The van der Waals surface area contributed by atoms with Crippen molar-refractivity contribution in [1.82, 2.24) is 5.32 Å². The number of fused-ring (bicyclic) bond motifs is 3. The predicted octanol–water partition coefficient (Wildman–Crippen LogP) is 3.87. The third kappa shape index (κ3) is 4.01. The first-order valence-corrected chi connectivity index (χ1v) is 9.14. The minimum atomic E-state index is -1.03. The fraction of sp³-hybridized carbons (Fsp3) is 0.304. The van der Waals surface area contributed by atoms with E-state index in [1.807, 2.05) is 36.4 Å². The Balaban J connectivity index is 1.62. The van der Waals surface area contributed by atoms with Crippen LogP contribution in [0, 0.1) is 12.3 Å². The van der Waals surface area contributed by atoms with Crippen molar-refractivity contribution in [3.8, 4) is 23.5 Å². The van der Waals surface area contributed by atoms with Crippen molar-refractivity contribution in [2.24, 2.45) is 0 Å². The number of amides is 1. The lowest BCUT2D eigenvalue weighted by Crippen LogP contribution is -2.43. The minimum Gasteiger partial charge on any atom is -0.449 e. The quantitative estimate of drug-likeness (QED) is 0.635. The number of esters is 1. The first-order chi connectivity index (χ1) is 13.3. The molecule has 0 fully saturated rings. The number of benzene rings is 2. The molecule has 1 amide bonds. The summed E-state index contributed by atoms with van der Waals surface area (Å²) >= 11 is 0. The number of rotatable bonds is 5. The maximum atomic E-state index is 12.2. The average Bonchev–Trinajstić information content (AvgIpc) is 3.00. The molecule has 0 aliphatic heterocycles. The van der Waals surface area contributed by atoms with Gasteiger partial charge in [0.05, 0.1) is 0 Å². The summed E-state index contributed by atoms with van der Waals surface area (Å²) in [5.74, 6) is 1.72. The van der Waals surface area contributed by atoms with Gasteiger partial charge in [-0.25, -0.2) is 9.59 Å². The molecule has 0 aromatic heterocycles. The standard InChI is InChI=1S/C23H23NO4/c1-5-23(3,4)28-21(25)15(2)24-22(26)27-14-20-18-12-8-6-10-16(18)17-11-7-9-13-19(17)20/h1,6-13,15,20H,14H2,2-4H3,(H,24,26)/t15-/m0/s1. The monoisotopic (exact) mass is 377 g/mol. The third-order valence-corrected chi connectivity index (χ3v) is 4.73. The van der Waals surface area contributed by atoms with E-state index in [1.165, 1.54) is 6.92 Å². The van der Waals surface area contributed by atoms with Gasteiger partial charge in [0.25, 0.3) is 0 Å². The van der Waals surface area contributed by atoms with Gasteiger partial charge in [-0.05, 0) is 43.0 Å². The molecule has 0 radical (unpaired) electrons. The van der Waals surface area contributed by atoms with Crippen LogP contribution in [0.3, 0.4) is 0 Å². The highest BCUT2D eigenvalue weighted by atomic mass is 16.6. The zero-order valence-corrected chi connectivity index (χ0v) is 16.2. The topological polar surface area (TPSA) is 64.6 Å². The number of nitrogens with one attached hydrogen (secondary N) is 1. The molecule has 0 unspecified atom stereocenters. The summed E-state index contributed by atoms with van der Waals surface area (Å²) in [6.07, 6.45) is 4.64. The van der Waals surface area contributed by atoms with E-state index in [2.05, 4.69) is 23.4 Å². The van der Waals surface area contributed by atoms with Crippen molar-refractivity contribution < 1.29 is 19.1 Å². The molecule has 1 aliphatic rings. The highest BCUT2D eigenvalue weighted by Crippen LogP contribution is 2.44. The summed E-state index contributed by atoms with van der Waals surface area (Å²) in [5, 5.41) is 2.49. The van der Waals surface area contributed by atoms with Crippen LogP contribution >= 0.6 is 0 Å². The molecule has 3 rings (SSSR count). The van der Waals surface area contributed by atoms with Gasteiger partial charge in [0.15, 0.2) is 5.60 Å². The molecule has 0 saturated heterocycles. The first kappa shape index (κ1) is 19.5. The van der Waals surface area contributed by atoms with E-state index in [4.69, 9.17) is 15.9 Å².